The molecule has 25 heavy (non-hydrogen) atoms. The Morgan fingerprint density at radius 2 is 1.56 bits per heavy atom. The number of para-hydroxylation sites is 2. The first kappa shape index (κ1) is 17.5. The molecule has 1 heterocycles. The topological polar surface area (TPSA) is 29.9 Å². The van der Waals surface area contributed by atoms with Crippen LogP contribution in [0.5, 0.6) is 0 Å². The first-order chi connectivity index (χ1) is 12.4. The van der Waals surface area contributed by atoms with Crippen LogP contribution < -0.4 is 5.32 Å². The van der Waals surface area contributed by atoms with Crippen LogP contribution in [0.3, 0.4) is 0 Å². The van der Waals surface area contributed by atoms with Crippen molar-refractivity contribution in [1.82, 2.24) is 9.55 Å². The molecule has 0 spiro atoms. The van der Waals surface area contributed by atoms with Gasteiger partial charge in [0, 0.05) is 6.54 Å². The Bertz CT molecular complexity index is 761. The lowest BCUT2D eigenvalue weighted by Crippen LogP contribution is -2.09. The lowest BCUT2D eigenvalue weighted by molar-refractivity contribution is 0.615. The predicted molar refractivity (Wildman–Crippen MR) is 107 cm³/mol. The van der Waals surface area contributed by atoms with Crippen molar-refractivity contribution in [2.75, 3.05) is 11.9 Å². The highest BCUT2D eigenvalue weighted by Gasteiger charge is 2.10. The van der Waals surface area contributed by atoms with Gasteiger partial charge in [-0.25, -0.2) is 4.98 Å². The minimum absolute atomic E-state index is 0.847. The molecule has 0 aliphatic carbocycles. The molecule has 0 aliphatic rings. The molecule has 0 bridgehead atoms. The SMILES string of the molecule is CCCCCCCCNc1nc2ccccc2n1Cc1ccccc1. The van der Waals surface area contributed by atoms with Gasteiger partial charge >= 0.3 is 0 Å². The summed E-state index contributed by atoms with van der Waals surface area (Å²) in [5.74, 6) is 0.985. The van der Waals surface area contributed by atoms with Gasteiger partial charge in [-0.2, -0.15) is 0 Å². The summed E-state index contributed by atoms with van der Waals surface area (Å²) in [7, 11) is 0. The average molecular weight is 335 g/mol. The van der Waals surface area contributed by atoms with E-state index in [2.05, 4.69) is 71.4 Å². The molecule has 1 N–H and O–H groups in total. The van der Waals surface area contributed by atoms with Gasteiger partial charge in [0.05, 0.1) is 17.6 Å². The molecule has 0 amide bonds. The van der Waals surface area contributed by atoms with E-state index in [0.717, 1.165) is 24.6 Å². The maximum absolute atomic E-state index is 4.81. The van der Waals surface area contributed by atoms with E-state index >= 15 is 0 Å². The van der Waals surface area contributed by atoms with Crippen molar-refractivity contribution in [1.29, 1.82) is 0 Å². The van der Waals surface area contributed by atoms with Crippen LogP contribution in [0.2, 0.25) is 0 Å². The summed E-state index contributed by atoms with van der Waals surface area (Å²) in [5.41, 5.74) is 3.55. The number of nitrogens with one attached hydrogen (secondary N) is 1. The molecule has 0 saturated carbocycles. The van der Waals surface area contributed by atoms with Crippen LogP contribution in [-0.2, 0) is 6.54 Å². The van der Waals surface area contributed by atoms with Crippen LogP contribution in [0.25, 0.3) is 11.0 Å². The normalized spacial score (nSPS) is 11.1. The first-order valence-electron chi connectivity index (χ1n) is 9.61. The molecule has 1 aromatic heterocycles. The van der Waals surface area contributed by atoms with E-state index in [4.69, 9.17) is 4.98 Å². The molecule has 3 rings (SSSR count). The van der Waals surface area contributed by atoms with E-state index in [0.29, 0.717) is 0 Å². The highest BCUT2D eigenvalue weighted by molar-refractivity contribution is 5.78. The lowest BCUT2D eigenvalue weighted by Gasteiger charge is -2.11. The molecule has 0 fully saturated rings. The molecule has 0 unspecified atom stereocenters. The zero-order valence-corrected chi connectivity index (χ0v) is 15.2. The Kier molecular flexibility index (Phi) is 6.49. The van der Waals surface area contributed by atoms with Crippen LogP contribution in [0, 0.1) is 0 Å². The molecule has 0 saturated heterocycles. The number of fused-ring (bicyclic) bond motifs is 1. The molecule has 0 aliphatic heterocycles. The Labute approximate surface area is 151 Å². The quantitative estimate of drug-likeness (QED) is 0.470. The number of unbranched alkanes of at least 4 members (excludes halogenated alkanes) is 5. The van der Waals surface area contributed by atoms with Gasteiger partial charge in [-0.05, 0) is 24.1 Å². The largest absolute Gasteiger partial charge is 0.356 e. The smallest absolute Gasteiger partial charge is 0.204 e. The number of imidazole rings is 1. The van der Waals surface area contributed by atoms with Crippen molar-refractivity contribution < 1.29 is 0 Å². The highest BCUT2D eigenvalue weighted by Crippen LogP contribution is 2.21. The van der Waals surface area contributed by atoms with Crippen molar-refractivity contribution in [3.8, 4) is 0 Å². The number of hydrogen-bond acceptors (Lipinski definition) is 2. The van der Waals surface area contributed by atoms with Crippen LogP contribution in [-0.4, -0.2) is 16.1 Å². The van der Waals surface area contributed by atoms with E-state index in [1.807, 2.05) is 0 Å². The van der Waals surface area contributed by atoms with Crippen LogP contribution in [0.4, 0.5) is 5.95 Å². The van der Waals surface area contributed by atoms with Gasteiger partial charge in [-0.15, -0.1) is 0 Å². The van der Waals surface area contributed by atoms with Gasteiger partial charge in [-0.3, -0.25) is 0 Å². The van der Waals surface area contributed by atoms with Crippen molar-refractivity contribution in [3.63, 3.8) is 0 Å². The molecule has 0 radical (unpaired) electrons. The highest BCUT2D eigenvalue weighted by atomic mass is 15.2. The molecular formula is C22H29N3. The standard InChI is InChI=1S/C22H29N3/c1-2-3-4-5-6-12-17-23-22-24-20-15-10-11-16-21(20)25(22)18-19-13-8-7-9-14-19/h7-11,13-16H,2-6,12,17-18H2,1H3,(H,23,24). The van der Waals surface area contributed by atoms with Crippen molar-refractivity contribution >= 4 is 17.0 Å². The van der Waals surface area contributed by atoms with Gasteiger partial charge in [0.15, 0.2) is 0 Å². The van der Waals surface area contributed by atoms with Gasteiger partial charge in [-0.1, -0.05) is 81.5 Å². The maximum atomic E-state index is 4.81. The molecule has 3 heteroatoms. The van der Waals surface area contributed by atoms with E-state index < -0.39 is 0 Å². The Balaban J connectivity index is 1.66. The molecule has 0 atom stereocenters. The zero-order chi connectivity index (χ0) is 17.3. The first-order valence-corrected chi connectivity index (χ1v) is 9.61. The number of benzene rings is 2. The van der Waals surface area contributed by atoms with Gasteiger partial charge in [0.1, 0.15) is 0 Å². The second-order valence-corrected chi connectivity index (χ2v) is 6.69. The summed E-state index contributed by atoms with van der Waals surface area (Å²) in [4.78, 5) is 4.81. The lowest BCUT2D eigenvalue weighted by atomic mass is 10.1. The maximum Gasteiger partial charge on any atom is 0.204 e. The average Bonchev–Trinajstić information content (AvgIpc) is 2.99. The van der Waals surface area contributed by atoms with Crippen LogP contribution in [0.15, 0.2) is 54.6 Å². The third kappa shape index (κ3) is 4.85. The molecule has 2 aromatic carbocycles. The summed E-state index contributed by atoms with van der Waals surface area (Å²) >= 11 is 0. The van der Waals surface area contributed by atoms with Gasteiger partial charge in [0.2, 0.25) is 5.95 Å². The van der Waals surface area contributed by atoms with E-state index in [9.17, 15) is 0 Å². The second-order valence-electron chi connectivity index (χ2n) is 6.69. The Morgan fingerprint density at radius 3 is 2.40 bits per heavy atom. The summed E-state index contributed by atoms with van der Waals surface area (Å²) in [6.07, 6.45) is 7.88. The summed E-state index contributed by atoms with van der Waals surface area (Å²) in [5, 5.41) is 3.57. The number of anilines is 1. The zero-order valence-electron chi connectivity index (χ0n) is 15.2. The van der Waals surface area contributed by atoms with Crippen LogP contribution >= 0.6 is 0 Å². The summed E-state index contributed by atoms with van der Waals surface area (Å²) < 4.78 is 2.29. The number of aromatic nitrogens is 2. The van der Waals surface area contributed by atoms with E-state index in [-0.39, 0.29) is 0 Å². The molecule has 132 valence electrons. The minimum atomic E-state index is 0.847. The molecule has 3 nitrogen and oxygen atoms in total. The number of rotatable bonds is 10. The van der Waals surface area contributed by atoms with Gasteiger partial charge < -0.3 is 9.88 Å². The Hall–Kier alpha value is -2.29. The molecular weight excluding hydrogens is 306 g/mol. The predicted octanol–water partition coefficient (Wildman–Crippen LogP) is 5.86. The summed E-state index contributed by atoms with van der Waals surface area (Å²) in [6, 6.07) is 19.0. The molecule has 3 aromatic rings. The van der Waals surface area contributed by atoms with Crippen molar-refractivity contribution in [2.45, 2.75) is 52.0 Å². The second kappa shape index (κ2) is 9.26. The summed E-state index contributed by atoms with van der Waals surface area (Å²) in [6.45, 7) is 4.10. The van der Waals surface area contributed by atoms with Crippen molar-refractivity contribution in [3.05, 3.63) is 60.2 Å². The van der Waals surface area contributed by atoms with E-state index in [1.54, 1.807) is 0 Å². The van der Waals surface area contributed by atoms with Gasteiger partial charge in [0.25, 0.3) is 0 Å². The Morgan fingerprint density at radius 1 is 0.840 bits per heavy atom. The van der Waals surface area contributed by atoms with E-state index in [1.165, 1.54) is 49.6 Å². The third-order valence-corrected chi connectivity index (χ3v) is 4.65. The fourth-order valence-corrected chi connectivity index (χ4v) is 3.24. The van der Waals surface area contributed by atoms with Crippen LogP contribution in [0.1, 0.15) is 51.0 Å². The fourth-order valence-electron chi connectivity index (χ4n) is 3.24. The monoisotopic (exact) mass is 335 g/mol. The fraction of sp³-hybridized carbons (Fsp3) is 0.409. The number of nitrogens with zero attached hydrogens (tertiary/aromatic N) is 2. The number of hydrogen-bond donors (Lipinski definition) is 1. The third-order valence-electron chi connectivity index (χ3n) is 4.65. The van der Waals surface area contributed by atoms with Crippen molar-refractivity contribution in [2.24, 2.45) is 0 Å². The minimum Gasteiger partial charge on any atom is -0.356 e.